The molecule has 1 heterocycles. The van der Waals surface area contributed by atoms with E-state index in [-0.39, 0.29) is 5.97 Å². The van der Waals surface area contributed by atoms with Crippen LogP contribution in [-0.4, -0.2) is 29.2 Å². The minimum absolute atomic E-state index is 0.347. The van der Waals surface area contributed by atoms with Crippen molar-refractivity contribution in [1.82, 2.24) is 9.97 Å². The average Bonchev–Trinajstić information content (AvgIpc) is 2.63. The van der Waals surface area contributed by atoms with E-state index in [0.29, 0.717) is 30.2 Å². The van der Waals surface area contributed by atoms with Crippen molar-refractivity contribution in [2.24, 2.45) is 0 Å². The van der Waals surface area contributed by atoms with Gasteiger partial charge in [0.15, 0.2) is 0 Å². The van der Waals surface area contributed by atoms with Crippen molar-refractivity contribution in [1.29, 1.82) is 0 Å². The summed E-state index contributed by atoms with van der Waals surface area (Å²) in [5.41, 5.74) is 3.10. The average molecular weight is 368 g/mol. The number of rotatable bonds is 10. The van der Waals surface area contributed by atoms with Crippen LogP contribution in [0.4, 0.5) is 0 Å². The SMILES string of the molecule is C=CCOc1cccc(CCCCc2nc(C)c(C(=O)OCC)c(C)n2)c1. The summed E-state index contributed by atoms with van der Waals surface area (Å²) in [6.07, 6.45) is 5.52. The molecule has 2 rings (SSSR count). The van der Waals surface area contributed by atoms with E-state index < -0.39 is 0 Å². The summed E-state index contributed by atoms with van der Waals surface area (Å²) in [4.78, 5) is 21.0. The standard InChI is InChI=1S/C22H28N2O3/c1-5-14-27-19-12-9-11-18(15-19)10-7-8-13-20-23-16(3)21(17(4)24-20)22(25)26-6-2/h5,9,11-12,15H,1,6-8,10,13-14H2,2-4H3. The van der Waals surface area contributed by atoms with Crippen LogP contribution in [0.2, 0.25) is 0 Å². The molecule has 5 nitrogen and oxygen atoms in total. The van der Waals surface area contributed by atoms with Crippen LogP contribution in [0.5, 0.6) is 5.75 Å². The molecule has 5 heteroatoms. The Kier molecular flexibility index (Phi) is 7.99. The molecule has 0 radical (unpaired) electrons. The third-order valence-corrected chi connectivity index (χ3v) is 4.18. The van der Waals surface area contributed by atoms with Crippen LogP contribution >= 0.6 is 0 Å². The number of ether oxygens (including phenoxy) is 2. The van der Waals surface area contributed by atoms with Gasteiger partial charge < -0.3 is 9.47 Å². The van der Waals surface area contributed by atoms with Crippen LogP contribution in [-0.2, 0) is 17.6 Å². The Morgan fingerprint density at radius 1 is 1.15 bits per heavy atom. The second kappa shape index (κ2) is 10.5. The Hall–Kier alpha value is -2.69. The highest BCUT2D eigenvalue weighted by Crippen LogP contribution is 2.17. The van der Waals surface area contributed by atoms with Gasteiger partial charge in [-0.1, -0.05) is 24.8 Å². The molecule has 27 heavy (non-hydrogen) atoms. The van der Waals surface area contributed by atoms with Gasteiger partial charge in [-0.3, -0.25) is 0 Å². The quantitative estimate of drug-likeness (QED) is 0.353. The lowest BCUT2D eigenvalue weighted by molar-refractivity contribution is 0.0523. The number of benzene rings is 1. The Morgan fingerprint density at radius 2 is 1.85 bits per heavy atom. The smallest absolute Gasteiger partial charge is 0.341 e. The maximum absolute atomic E-state index is 12.0. The van der Waals surface area contributed by atoms with Crippen LogP contribution in [0, 0.1) is 13.8 Å². The maximum Gasteiger partial charge on any atom is 0.341 e. The first-order valence-electron chi connectivity index (χ1n) is 9.39. The summed E-state index contributed by atoms with van der Waals surface area (Å²) < 4.78 is 10.6. The first-order valence-corrected chi connectivity index (χ1v) is 9.39. The topological polar surface area (TPSA) is 61.3 Å². The van der Waals surface area contributed by atoms with E-state index in [9.17, 15) is 4.79 Å². The molecule has 0 atom stereocenters. The van der Waals surface area contributed by atoms with Crippen molar-refractivity contribution >= 4 is 5.97 Å². The van der Waals surface area contributed by atoms with E-state index in [0.717, 1.165) is 37.3 Å². The van der Waals surface area contributed by atoms with Gasteiger partial charge in [-0.05, 0) is 57.7 Å². The van der Waals surface area contributed by atoms with Crippen LogP contribution in [0.3, 0.4) is 0 Å². The molecule has 0 fully saturated rings. The predicted octanol–water partition coefficient (Wildman–Crippen LogP) is 4.40. The number of esters is 1. The van der Waals surface area contributed by atoms with Gasteiger partial charge >= 0.3 is 5.97 Å². The Bertz CT molecular complexity index is 764. The van der Waals surface area contributed by atoms with Gasteiger partial charge in [0.25, 0.3) is 0 Å². The summed E-state index contributed by atoms with van der Waals surface area (Å²) in [7, 11) is 0. The van der Waals surface area contributed by atoms with E-state index in [1.165, 1.54) is 5.56 Å². The summed E-state index contributed by atoms with van der Waals surface area (Å²) in [6.45, 7) is 9.98. The van der Waals surface area contributed by atoms with Crippen molar-refractivity contribution in [3.63, 3.8) is 0 Å². The number of carbonyl (C=O) groups is 1. The van der Waals surface area contributed by atoms with Crippen molar-refractivity contribution in [2.45, 2.75) is 46.5 Å². The van der Waals surface area contributed by atoms with Gasteiger partial charge in [-0.25, -0.2) is 14.8 Å². The zero-order chi connectivity index (χ0) is 19.6. The minimum atomic E-state index is -0.349. The molecule has 144 valence electrons. The minimum Gasteiger partial charge on any atom is -0.490 e. The van der Waals surface area contributed by atoms with E-state index >= 15 is 0 Å². The number of aryl methyl sites for hydroxylation is 4. The van der Waals surface area contributed by atoms with Gasteiger partial charge in [-0.2, -0.15) is 0 Å². The molecular formula is C22H28N2O3. The number of unbranched alkanes of at least 4 members (excludes halogenated alkanes) is 1. The van der Waals surface area contributed by atoms with E-state index in [2.05, 4.69) is 28.7 Å². The van der Waals surface area contributed by atoms with Crippen LogP contribution in [0.25, 0.3) is 0 Å². The molecule has 0 aliphatic heterocycles. The Morgan fingerprint density at radius 3 is 2.52 bits per heavy atom. The molecule has 0 amide bonds. The molecule has 1 aromatic heterocycles. The van der Waals surface area contributed by atoms with Gasteiger partial charge in [-0.15, -0.1) is 0 Å². The number of carbonyl (C=O) groups excluding carboxylic acids is 1. The van der Waals surface area contributed by atoms with E-state index in [1.54, 1.807) is 13.0 Å². The zero-order valence-electron chi connectivity index (χ0n) is 16.5. The molecule has 0 unspecified atom stereocenters. The summed E-state index contributed by atoms with van der Waals surface area (Å²) in [5, 5.41) is 0. The van der Waals surface area contributed by atoms with Crippen molar-refractivity contribution in [3.8, 4) is 5.75 Å². The fourth-order valence-electron chi connectivity index (χ4n) is 2.95. The summed E-state index contributed by atoms with van der Waals surface area (Å²) >= 11 is 0. The predicted molar refractivity (Wildman–Crippen MR) is 106 cm³/mol. The molecule has 0 aliphatic carbocycles. The third-order valence-electron chi connectivity index (χ3n) is 4.18. The largest absolute Gasteiger partial charge is 0.490 e. The van der Waals surface area contributed by atoms with Crippen molar-refractivity contribution in [3.05, 3.63) is 65.3 Å². The number of nitrogens with zero attached hydrogens (tertiary/aromatic N) is 2. The monoisotopic (exact) mass is 368 g/mol. The number of hydrogen-bond donors (Lipinski definition) is 0. The molecular weight excluding hydrogens is 340 g/mol. The molecule has 0 aliphatic rings. The highest BCUT2D eigenvalue weighted by molar-refractivity contribution is 5.91. The second-order valence-corrected chi connectivity index (χ2v) is 6.36. The maximum atomic E-state index is 12.0. The molecule has 0 bridgehead atoms. The lowest BCUT2D eigenvalue weighted by Gasteiger charge is -2.10. The molecule has 0 N–H and O–H groups in total. The Labute approximate surface area is 161 Å². The first-order chi connectivity index (χ1) is 13.0. The van der Waals surface area contributed by atoms with Gasteiger partial charge in [0.05, 0.1) is 18.0 Å². The molecule has 0 spiro atoms. The van der Waals surface area contributed by atoms with Crippen LogP contribution in [0.1, 0.15) is 52.9 Å². The van der Waals surface area contributed by atoms with Crippen LogP contribution in [0.15, 0.2) is 36.9 Å². The van der Waals surface area contributed by atoms with Crippen LogP contribution < -0.4 is 4.74 Å². The molecule has 1 aromatic carbocycles. The Balaban J connectivity index is 1.88. The van der Waals surface area contributed by atoms with Gasteiger partial charge in [0.2, 0.25) is 0 Å². The summed E-state index contributed by atoms with van der Waals surface area (Å²) in [5.74, 6) is 1.30. The van der Waals surface area contributed by atoms with Crippen molar-refractivity contribution < 1.29 is 14.3 Å². The molecule has 0 saturated heterocycles. The molecule has 2 aromatic rings. The highest BCUT2D eigenvalue weighted by Gasteiger charge is 2.16. The highest BCUT2D eigenvalue weighted by atomic mass is 16.5. The fourth-order valence-corrected chi connectivity index (χ4v) is 2.95. The lowest BCUT2D eigenvalue weighted by Crippen LogP contribution is -2.13. The second-order valence-electron chi connectivity index (χ2n) is 6.36. The number of aromatic nitrogens is 2. The van der Waals surface area contributed by atoms with Crippen molar-refractivity contribution in [2.75, 3.05) is 13.2 Å². The van der Waals surface area contributed by atoms with Gasteiger partial charge in [0, 0.05) is 6.42 Å². The van der Waals surface area contributed by atoms with E-state index in [4.69, 9.17) is 9.47 Å². The molecule has 0 saturated carbocycles. The first kappa shape index (κ1) is 20.6. The zero-order valence-corrected chi connectivity index (χ0v) is 16.5. The number of hydrogen-bond acceptors (Lipinski definition) is 5. The van der Waals surface area contributed by atoms with E-state index in [1.807, 2.05) is 26.0 Å². The summed E-state index contributed by atoms with van der Waals surface area (Å²) in [6, 6.07) is 8.15. The third kappa shape index (κ3) is 6.20. The fraction of sp³-hybridized carbons (Fsp3) is 0.409. The lowest BCUT2D eigenvalue weighted by atomic mass is 10.1. The normalized spacial score (nSPS) is 10.5. The van der Waals surface area contributed by atoms with Gasteiger partial charge in [0.1, 0.15) is 23.7 Å².